The van der Waals surface area contributed by atoms with Crippen molar-refractivity contribution in [3.8, 4) is 0 Å². The predicted octanol–water partition coefficient (Wildman–Crippen LogP) is 5.05. The van der Waals surface area contributed by atoms with Crippen LogP contribution in [0.15, 0.2) is 125 Å². The molecular weight excluding hydrogens is 422 g/mol. The van der Waals surface area contributed by atoms with Crippen molar-refractivity contribution < 1.29 is 0 Å². The van der Waals surface area contributed by atoms with Crippen LogP contribution in [-0.2, 0) is 24.8 Å². The number of rotatable bonds is 5. The number of azo groups is 1. The highest BCUT2D eigenvalue weighted by Crippen LogP contribution is 2.29. The smallest absolute Gasteiger partial charge is 0.279 e. The third-order valence-electron chi connectivity index (χ3n) is 4.74. The molecule has 4 rings (SSSR count). The minimum absolute atomic E-state index is 0.0165. The van der Waals surface area contributed by atoms with E-state index in [0.717, 1.165) is 14.4 Å². The summed E-state index contributed by atoms with van der Waals surface area (Å²) in [5, 5.41) is 8.42. The topological polar surface area (TPSA) is 81.1 Å². The van der Waals surface area contributed by atoms with Gasteiger partial charge in [0.15, 0.2) is 11.5 Å². The Hall–Kier alpha value is -3.91. The molecule has 0 radical (unpaired) electrons. The summed E-state index contributed by atoms with van der Waals surface area (Å²) in [5.74, 6) is 0.189. The largest absolute Gasteiger partial charge is 0.332 e. The van der Waals surface area contributed by atoms with Crippen LogP contribution in [0.5, 0.6) is 0 Å². The highest BCUT2D eigenvalue weighted by Gasteiger charge is 2.17. The molecule has 0 unspecified atom stereocenters. The van der Waals surface area contributed by atoms with E-state index in [-0.39, 0.29) is 11.5 Å². The van der Waals surface area contributed by atoms with E-state index in [1.54, 1.807) is 19.2 Å². The molecule has 0 bridgehead atoms. The molecule has 7 nitrogen and oxygen atoms in total. The van der Waals surface area contributed by atoms with Gasteiger partial charge in [0.25, 0.3) is 5.56 Å². The Labute approximate surface area is 187 Å². The molecule has 1 aromatic heterocycles. The van der Waals surface area contributed by atoms with Gasteiger partial charge in [0.05, 0.1) is 5.69 Å². The summed E-state index contributed by atoms with van der Waals surface area (Å²) in [5.41, 5.74) is -0.407. The van der Waals surface area contributed by atoms with Gasteiger partial charge >= 0.3 is 5.69 Å². The van der Waals surface area contributed by atoms with Crippen molar-refractivity contribution in [2.24, 2.45) is 28.7 Å². The molecule has 4 aromatic rings. The fourth-order valence-electron chi connectivity index (χ4n) is 3.04. The second kappa shape index (κ2) is 9.49. The monoisotopic (exact) mass is 443 g/mol. The normalized spacial score (nSPS) is 11.2. The zero-order valence-electron chi connectivity index (χ0n) is 17.6. The van der Waals surface area contributed by atoms with Gasteiger partial charge < -0.3 is 0 Å². The predicted molar refractivity (Wildman–Crippen MR) is 126 cm³/mol. The standard InChI is InChI=1S/C24H21N5O2S/c1-28-22(27-32(19-14-8-4-9-15-19)20-16-10-5-11-17-20)21(23(30)29(2)24(28)31)26-25-18-12-6-3-7-13-18/h3-17H,1-2H3. The molecule has 0 spiro atoms. The van der Waals surface area contributed by atoms with E-state index in [1.807, 2.05) is 78.9 Å². The van der Waals surface area contributed by atoms with Gasteiger partial charge in [-0.05, 0) is 47.1 Å². The van der Waals surface area contributed by atoms with Crippen molar-refractivity contribution in [2.75, 3.05) is 0 Å². The van der Waals surface area contributed by atoms with E-state index in [9.17, 15) is 9.59 Å². The van der Waals surface area contributed by atoms with E-state index in [1.165, 1.54) is 11.6 Å². The van der Waals surface area contributed by atoms with Crippen LogP contribution < -0.4 is 11.2 Å². The Morgan fingerprint density at radius 1 is 0.656 bits per heavy atom. The van der Waals surface area contributed by atoms with Crippen LogP contribution in [-0.4, -0.2) is 9.13 Å². The van der Waals surface area contributed by atoms with Gasteiger partial charge in [0, 0.05) is 23.9 Å². The van der Waals surface area contributed by atoms with Crippen molar-refractivity contribution in [3.05, 3.63) is 112 Å². The zero-order valence-corrected chi connectivity index (χ0v) is 18.4. The highest BCUT2D eigenvalue weighted by molar-refractivity contribution is 7.87. The van der Waals surface area contributed by atoms with E-state index >= 15 is 0 Å². The van der Waals surface area contributed by atoms with E-state index < -0.39 is 21.9 Å². The summed E-state index contributed by atoms with van der Waals surface area (Å²) in [7, 11) is 2.23. The molecule has 0 saturated heterocycles. The van der Waals surface area contributed by atoms with Gasteiger partial charge in [-0.1, -0.05) is 54.6 Å². The van der Waals surface area contributed by atoms with Crippen molar-refractivity contribution >= 4 is 27.9 Å². The Bertz CT molecular complexity index is 1370. The number of nitrogens with zero attached hydrogens (tertiary/aromatic N) is 5. The molecule has 0 saturated carbocycles. The Morgan fingerprint density at radius 3 is 1.69 bits per heavy atom. The molecule has 0 aliphatic rings. The average Bonchev–Trinajstić information content (AvgIpc) is 2.85. The Balaban J connectivity index is 1.99. The van der Waals surface area contributed by atoms with E-state index in [4.69, 9.17) is 4.36 Å². The second-order valence-corrected chi connectivity index (χ2v) is 8.61. The fourth-order valence-corrected chi connectivity index (χ4v) is 4.73. The molecule has 1 heterocycles. The van der Waals surface area contributed by atoms with Gasteiger partial charge in [-0.3, -0.25) is 13.9 Å². The number of aromatic nitrogens is 2. The fraction of sp³-hybridized carbons (Fsp3) is 0.0833. The zero-order chi connectivity index (χ0) is 22.5. The first-order valence-electron chi connectivity index (χ1n) is 9.89. The Kier molecular flexibility index (Phi) is 6.32. The average molecular weight is 444 g/mol. The summed E-state index contributed by atoms with van der Waals surface area (Å²) in [4.78, 5) is 27.6. The maximum atomic E-state index is 13.0. The summed E-state index contributed by atoms with van der Waals surface area (Å²) in [6.45, 7) is 0. The summed E-state index contributed by atoms with van der Waals surface area (Å²) in [6, 6.07) is 28.6. The third kappa shape index (κ3) is 4.40. The lowest BCUT2D eigenvalue weighted by molar-refractivity contribution is 0.689. The molecule has 0 fully saturated rings. The van der Waals surface area contributed by atoms with Gasteiger partial charge in [-0.15, -0.1) is 5.11 Å². The molecular formula is C24H21N5O2S. The Morgan fingerprint density at radius 2 is 1.16 bits per heavy atom. The van der Waals surface area contributed by atoms with Gasteiger partial charge in [0.2, 0.25) is 0 Å². The van der Waals surface area contributed by atoms with Crippen LogP contribution in [0.2, 0.25) is 0 Å². The summed E-state index contributed by atoms with van der Waals surface area (Å²) >= 11 is 0. The lowest BCUT2D eigenvalue weighted by Gasteiger charge is -2.13. The minimum atomic E-state index is -0.779. The van der Waals surface area contributed by atoms with Crippen LogP contribution in [0, 0.1) is 0 Å². The van der Waals surface area contributed by atoms with E-state index in [2.05, 4.69) is 10.2 Å². The van der Waals surface area contributed by atoms with Crippen LogP contribution in [0.4, 0.5) is 17.2 Å². The molecule has 0 atom stereocenters. The highest BCUT2D eigenvalue weighted by atomic mass is 32.2. The summed E-state index contributed by atoms with van der Waals surface area (Å²) in [6.07, 6.45) is 0. The maximum absolute atomic E-state index is 13.0. The number of hydrogen-bond acceptors (Lipinski definition) is 5. The second-order valence-electron chi connectivity index (χ2n) is 6.92. The minimum Gasteiger partial charge on any atom is -0.279 e. The molecule has 3 aromatic carbocycles. The molecule has 0 aliphatic heterocycles. The van der Waals surface area contributed by atoms with Crippen molar-refractivity contribution in [1.29, 1.82) is 0 Å². The molecule has 8 heteroatoms. The third-order valence-corrected chi connectivity index (χ3v) is 6.54. The molecule has 160 valence electrons. The quantitative estimate of drug-likeness (QED) is 0.405. The summed E-state index contributed by atoms with van der Waals surface area (Å²) < 4.78 is 7.25. The number of hydrogen-bond donors (Lipinski definition) is 0. The number of benzene rings is 3. The molecule has 0 aliphatic carbocycles. The first-order chi connectivity index (χ1) is 15.6. The van der Waals surface area contributed by atoms with Gasteiger partial charge in [0.1, 0.15) is 0 Å². The lowest BCUT2D eigenvalue weighted by atomic mass is 10.3. The first kappa shape index (κ1) is 21.3. The van der Waals surface area contributed by atoms with Crippen molar-refractivity contribution in [1.82, 2.24) is 9.13 Å². The first-order valence-corrected chi connectivity index (χ1v) is 11.1. The van der Waals surface area contributed by atoms with Crippen LogP contribution in [0.3, 0.4) is 0 Å². The van der Waals surface area contributed by atoms with Gasteiger partial charge in [-0.2, -0.15) is 9.48 Å². The lowest BCUT2D eigenvalue weighted by Crippen LogP contribution is -2.36. The van der Waals surface area contributed by atoms with Gasteiger partial charge in [-0.25, -0.2) is 4.79 Å². The van der Waals surface area contributed by atoms with Crippen LogP contribution in [0.1, 0.15) is 0 Å². The molecule has 0 amide bonds. The van der Waals surface area contributed by atoms with Crippen molar-refractivity contribution in [3.63, 3.8) is 0 Å². The van der Waals surface area contributed by atoms with E-state index in [0.29, 0.717) is 5.69 Å². The SMILES string of the molecule is Cn1c(N=S(c2ccccc2)c2ccccc2)c(N=Nc2ccccc2)c(=O)n(C)c1=O. The molecule has 32 heavy (non-hydrogen) atoms. The van der Waals surface area contributed by atoms with Crippen molar-refractivity contribution in [2.45, 2.75) is 9.79 Å². The molecule has 0 N–H and O–H groups in total. The van der Waals surface area contributed by atoms with Crippen LogP contribution >= 0.6 is 0 Å². The maximum Gasteiger partial charge on any atom is 0.332 e. The van der Waals surface area contributed by atoms with Crippen LogP contribution in [0.25, 0.3) is 0 Å².